The van der Waals surface area contributed by atoms with Gasteiger partial charge < -0.3 is 10.0 Å². The summed E-state index contributed by atoms with van der Waals surface area (Å²) in [5, 5.41) is 13.1. The van der Waals surface area contributed by atoms with Gasteiger partial charge in [0.05, 0.1) is 12.1 Å². The number of rotatable bonds is 7. The van der Waals surface area contributed by atoms with Crippen molar-refractivity contribution < 1.29 is 9.90 Å². The van der Waals surface area contributed by atoms with Crippen molar-refractivity contribution in [2.75, 3.05) is 13.6 Å². The molecule has 0 saturated heterocycles. The van der Waals surface area contributed by atoms with Crippen LogP contribution in [0.1, 0.15) is 25.8 Å². The third-order valence-electron chi connectivity index (χ3n) is 2.60. The Labute approximate surface area is 102 Å². The molecule has 1 aromatic rings. The molecule has 17 heavy (non-hydrogen) atoms. The fourth-order valence-electron chi connectivity index (χ4n) is 1.76. The van der Waals surface area contributed by atoms with Gasteiger partial charge in [0.2, 0.25) is 0 Å². The maximum absolute atomic E-state index is 10.7. The topological polar surface area (TPSA) is 58.4 Å². The Morgan fingerprint density at radius 1 is 1.65 bits per heavy atom. The van der Waals surface area contributed by atoms with Crippen LogP contribution in [0.3, 0.4) is 0 Å². The van der Waals surface area contributed by atoms with Crippen LogP contribution in [-0.2, 0) is 17.9 Å². The van der Waals surface area contributed by atoms with Gasteiger partial charge >= 0.3 is 5.97 Å². The third kappa shape index (κ3) is 4.56. The van der Waals surface area contributed by atoms with Crippen molar-refractivity contribution in [3.05, 3.63) is 18.0 Å². The van der Waals surface area contributed by atoms with E-state index in [1.807, 2.05) is 29.0 Å². The van der Waals surface area contributed by atoms with Gasteiger partial charge in [-0.05, 0) is 13.5 Å². The first kappa shape index (κ1) is 13.7. The van der Waals surface area contributed by atoms with Gasteiger partial charge in [-0.2, -0.15) is 5.10 Å². The smallest absolute Gasteiger partial charge is 0.307 e. The number of aliphatic carboxylic acids is 1. The Kier molecular flexibility index (Phi) is 5.15. The van der Waals surface area contributed by atoms with Crippen LogP contribution in [0, 0.1) is 5.92 Å². The van der Waals surface area contributed by atoms with E-state index >= 15 is 0 Å². The average molecular weight is 239 g/mol. The average Bonchev–Trinajstić information content (AvgIpc) is 2.65. The highest BCUT2D eigenvalue weighted by Crippen LogP contribution is 2.05. The maximum atomic E-state index is 10.7. The monoisotopic (exact) mass is 239 g/mol. The van der Waals surface area contributed by atoms with E-state index in [0.717, 1.165) is 25.1 Å². The molecule has 96 valence electrons. The summed E-state index contributed by atoms with van der Waals surface area (Å²) in [4.78, 5) is 12.7. The quantitative estimate of drug-likeness (QED) is 0.782. The van der Waals surface area contributed by atoms with Crippen molar-refractivity contribution in [2.24, 2.45) is 5.92 Å². The number of hydrogen-bond donors (Lipinski definition) is 1. The molecule has 1 N–H and O–H groups in total. The number of aryl methyl sites for hydroxylation is 1. The summed E-state index contributed by atoms with van der Waals surface area (Å²) in [6, 6.07) is 0. The molecule has 1 unspecified atom stereocenters. The Hall–Kier alpha value is -1.36. The minimum Gasteiger partial charge on any atom is -0.481 e. The summed E-state index contributed by atoms with van der Waals surface area (Å²) in [6.45, 7) is 6.05. The van der Waals surface area contributed by atoms with E-state index < -0.39 is 5.97 Å². The summed E-state index contributed by atoms with van der Waals surface area (Å²) in [5.74, 6) is -1.09. The van der Waals surface area contributed by atoms with Crippen LogP contribution in [0.25, 0.3) is 0 Å². The van der Waals surface area contributed by atoms with E-state index in [2.05, 4.69) is 12.0 Å². The molecular formula is C12H21N3O2. The number of nitrogens with zero attached hydrogens (tertiary/aromatic N) is 3. The molecule has 0 bridgehead atoms. The summed E-state index contributed by atoms with van der Waals surface area (Å²) in [7, 11) is 1.93. The SMILES string of the molecule is CCCn1cc(CN(C)CC(C)C(=O)O)cn1. The molecule has 0 saturated carbocycles. The standard InChI is InChI=1S/C12H21N3O2/c1-4-5-15-9-11(6-13-15)8-14(3)7-10(2)12(16)17/h6,9-10H,4-5,7-8H2,1-3H3,(H,16,17). The van der Waals surface area contributed by atoms with E-state index in [0.29, 0.717) is 6.54 Å². The zero-order valence-corrected chi connectivity index (χ0v) is 10.8. The summed E-state index contributed by atoms with van der Waals surface area (Å²) >= 11 is 0. The second-order valence-electron chi connectivity index (χ2n) is 4.55. The molecular weight excluding hydrogens is 218 g/mol. The number of carboxylic acids is 1. The van der Waals surface area contributed by atoms with Crippen LogP contribution >= 0.6 is 0 Å². The molecule has 0 aliphatic carbocycles. The van der Waals surface area contributed by atoms with Crippen molar-refractivity contribution in [1.29, 1.82) is 0 Å². The molecule has 0 aromatic carbocycles. The highest BCUT2D eigenvalue weighted by molar-refractivity contribution is 5.69. The highest BCUT2D eigenvalue weighted by Gasteiger charge is 2.13. The number of aromatic nitrogens is 2. The lowest BCUT2D eigenvalue weighted by molar-refractivity contribution is -0.141. The van der Waals surface area contributed by atoms with Crippen molar-refractivity contribution in [3.63, 3.8) is 0 Å². The predicted molar refractivity (Wildman–Crippen MR) is 65.7 cm³/mol. The molecule has 0 amide bonds. The van der Waals surface area contributed by atoms with E-state index in [4.69, 9.17) is 5.11 Å². The van der Waals surface area contributed by atoms with Crippen LogP contribution in [0.15, 0.2) is 12.4 Å². The Bertz CT molecular complexity index is 362. The third-order valence-corrected chi connectivity index (χ3v) is 2.60. The molecule has 0 aliphatic rings. The molecule has 0 radical (unpaired) electrons. The second-order valence-corrected chi connectivity index (χ2v) is 4.55. The van der Waals surface area contributed by atoms with Gasteiger partial charge in [-0.3, -0.25) is 9.48 Å². The highest BCUT2D eigenvalue weighted by atomic mass is 16.4. The Balaban J connectivity index is 2.44. The van der Waals surface area contributed by atoms with E-state index in [1.54, 1.807) is 6.92 Å². The van der Waals surface area contributed by atoms with Crippen molar-refractivity contribution in [3.8, 4) is 0 Å². The molecule has 0 aliphatic heterocycles. The van der Waals surface area contributed by atoms with E-state index in [9.17, 15) is 4.79 Å². The van der Waals surface area contributed by atoms with Gasteiger partial charge in [-0.25, -0.2) is 0 Å². The predicted octanol–water partition coefficient (Wildman–Crippen LogP) is 1.45. The van der Waals surface area contributed by atoms with Gasteiger partial charge in [0.1, 0.15) is 0 Å². The Morgan fingerprint density at radius 2 is 2.35 bits per heavy atom. The molecule has 0 fully saturated rings. The molecule has 1 rings (SSSR count). The van der Waals surface area contributed by atoms with Crippen LogP contribution in [0.4, 0.5) is 0 Å². The van der Waals surface area contributed by atoms with Crippen molar-refractivity contribution in [2.45, 2.75) is 33.4 Å². The van der Waals surface area contributed by atoms with Gasteiger partial charge in [0.15, 0.2) is 0 Å². The lowest BCUT2D eigenvalue weighted by atomic mass is 10.1. The number of hydrogen-bond acceptors (Lipinski definition) is 3. The summed E-state index contributed by atoms with van der Waals surface area (Å²) in [5.41, 5.74) is 1.12. The number of carboxylic acid groups (broad SMARTS) is 1. The normalized spacial score (nSPS) is 12.9. The molecule has 5 heteroatoms. The molecule has 1 aromatic heterocycles. The van der Waals surface area contributed by atoms with Crippen LogP contribution in [0.5, 0.6) is 0 Å². The van der Waals surface area contributed by atoms with Crippen LogP contribution < -0.4 is 0 Å². The fourth-order valence-corrected chi connectivity index (χ4v) is 1.76. The van der Waals surface area contributed by atoms with Crippen LogP contribution in [-0.4, -0.2) is 39.3 Å². The summed E-state index contributed by atoms with van der Waals surface area (Å²) < 4.78 is 1.92. The molecule has 5 nitrogen and oxygen atoms in total. The zero-order chi connectivity index (χ0) is 12.8. The minimum atomic E-state index is -0.751. The first-order valence-corrected chi connectivity index (χ1v) is 5.95. The molecule has 1 heterocycles. The minimum absolute atomic E-state index is 0.342. The van der Waals surface area contributed by atoms with Crippen molar-refractivity contribution in [1.82, 2.24) is 14.7 Å². The van der Waals surface area contributed by atoms with Gasteiger partial charge in [0.25, 0.3) is 0 Å². The van der Waals surface area contributed by atoms with Crippen LogP contribution in [0.2, 0.25) is 0 Å². The second kappa shape index (κ2) is 6.39. The first-order chi connectivity index (χ1) is 8.02. The zero-order valence-electron chi connectivity index (χ0n) is 10.8. The van der Waals surface area contributed by atoms with Gasteiger partial charge in [-0.1, -0.05) is 13.8 Å². The van der Waals surface area contributed by atoms with Crippen molar-refractivity contribution >= 4 is 5.97 Å². The fraction of sp³-hybridized carbons (Fsp3) is 0.667. The summed E-state index contributed by atoms with van der Waals surface area (Å²) in [6.07, 6.45) is 4.93. The largest absolute Gasteiger partial charge is 0.481 e. The lowest BCUT2D eigenvalue weighted by Crippen LogP contribution is -2.28. The van der Waals surface area contributed by atoms with Gasteiger partial charge in [-0.15, -0.1) is 0 Å². The maximum Gasteiger partial charge on any atom is 0.307 e. The molecule has 0 spiro atoms. The number of carbonyl (C=O) groups is 1. The van der Waals surface area contributed by atoms with Gasteiger partial charge in [0, 0.05) is 31.4 Å². The molecule has 1 atom stereocenters. The lowest BCUT2D eigenvalue weighted by Gasteiger charge is -2.17. The Morgan fingerprint density at radius 3 is 2.94 bits per heavy atom. The first-order valence-electron chi connectivity index (χ1n) is 5.95. The van der Waals surface area contributed by atoms with E-state index in [-0.39, 0.29) is 5.92 Å². The van der Waals surface area contributed by atoms with E-state index in [1.165, 1.54) is 0 Å².